The number of aliphatic hydroxyl groups excluding tert-OH is 2. The molecule has 8 nitrogen and oxygen atoms in total. The average molecular weight is 954 g/mol. The fraction of sp³-hybridized carbons (Fsp3) is 0.404. The molecule has 3 aliphatic rings. The molecular weight excluding hydrogens is 900 g/mol. The molecular formula is C52H54ClF6NO7. The van der Waals surface area contributed by atoms with E-state index < -0.39 is 53.0 Å². The third-order valence-corrected chi connectivity index (χ3v) is 13.6. The zero-order chi connectivity index (χ0) is 48.1. The van der Waals surface area contributed by atoms with Gasteiger partial charge in [-0.25, -0.2) is 0 Å². The molecule has 5 aromatic rings. The molecule has 1 fully saturated rings. The zero-order valence-corrected chi connectivity index (χ0v) is 37.9. The fourth-order valence-electron chi connectivity index (χ4n) is 9.67. The van der Waals surface area contributed by atoms with Gasteiger partial charge < -0.3 is 29.2 Å². The van der Waals surface area contributed by atoms with Crippen LogP contribution in [0.3, 0.4) is 0 Å². The SMILES string of the molecule is CC1=CCC[C@@]2(C)[C@@H](CC[C@@]2(O)CN(Cc2ccc(OC(F)(F)F)cc2)C[C@@H](O)COCc2ccccc2)c2ccc(cc2C(=O)c2ccc(-c3cc(C(F)(F)F)ccc3Cl)o2)C[C@@H](O)CC1. The average Bonchev–Trinajstić information content (AvgIpc) is 3.85. The molecule has 3 N–H and O–H groups in total. The van der Waals surface area contributed by atoms with Crippen molar-refractivity contribution < 1.29 is 60.3 Å². The lowest BCUT2D eigenvalue weighted by Crippen LogP contribution is -2.53. The summed E-state index contributed by atoms with van der Waals surface area (Å²) in [5, 5.41) is 35.7. The topological polar surface area (TPSA) is 113 Å². The van der Waals surface area contributed by atoms with Gasteiger partial charge in [-0.2, -0.15) is 13.2 Å². The number of carbonyl (C=O) groups excluding carboxylic acids is 1. The number of ether oxygens (including phenoxy) is 2. The van der Waals surface area contributed by atoms with Gasteiger partial charge in [-0.3, -0.25) is 9.69 Å². The minimum atomic E-state index is -4.87. The van der Waals surface area contributed by atoms with Crippen molar-refractivity contribution in [3.8, 4) is 17.1 Å². The van der Waals surface area contributed by atoms with Gasteiger partial charge in [-0.15, -0.1) is 13.2 Å². The summed E-state index contributed by atoms with van der Waals surface area (Å²) in [6.45, 7) is 4.43. The van der Waals surface area contributed by atoms with Gasteiger partial charge in [-0.1, -0.05) is 84.8 Å². The van der Waals surface area contributed by atoms with E-state index >= 15 is 0 Å². The van der Waals surface area contributed by atoms with E-state index in [4.69, 9.17) is 20.8 Å². The second kappa shape index (κ2) is 20.7. The standard InChI is InChI=1S/C52H54ClF6NO7/c1-33-7-6-23-49(2)44(22-24-50(49,64)32-60(28-34-11-16-40(17-12-34)67-52(57,58)59)29-39(62)31-65-30-35-8-4-3-5-9-35)41-18-13-36(25-38(61)15-10-33)26-42(41)48(63)47-21-20-46(66-47)43-27-37(51(54,55)56)14-19-45(43)53/h3-5,7-9,11-14,16-21,26-27,38-39,44,61-62,64H,6,10,15,22-25,28-32H2,1-2H3/t38-,39+,44-,49-,50+/m0/s1. The van der Waals surface area contributed by atoms with E-state index in [1.54, 1.807) is 6.07 Å². The summed E-state index contributed by atoms with van der Waals surface area (Å²) < 4.78 is 96.1. The number of hydrogen-bond donors (Lipinski definition) is 3. The van der Waals surface area contributed by atoms with Crippen LogP contribution in [0.4, 0.5) is 26.3 Å². The lowest BCUT2D eigenvalue weighted by Gasteiger charge is -2.46. The summed E-state index contributed by atoms with van der Waals surface area (Å²) >= 11 is 6.35. The maximum absolute atomic E-state index is 14.7. The van der Waals surface area contributed by atoms with Gasteiger partial charge >= 0.3 is 12.5 Å². The minimum Gasteiger partial charge on any atom is -0.453 e. The van der Waals surface area contributed by atoms with Crippen LogP contribution in [0.1, 0.15) is 102 Å². The second-order valence-electron chi connectivity index (χ2n) is 18.1. The Morgan fingerprint density at radius 3 is 2.39 bits per heavy atom. The molecule has 4 aromatic carbocycles. The third kappa shape index (κ3) is 12.4. The van der Waals surface area contributed by atoms with Crippen molar-refractivity contribution in [1.29, 1.82) is 0 Å². The Hall–Kier alpha value is -4.96. The number of aliphatic hydroxyl groups is 3. The molecule has 0 radical (unpaired) electrons. The number of rotatable bonds is 14. The van der Waals surface area contributed by atoms with Crippen molar-refractivity contribution in [3.05, 3.63) is 159 Å². The number of furan rings is 1. The van der Waals surface area contributed by atoms with E-state index in [1.165, 1.54) is 36.4 Å². The van der Waals surface area contributed by atoms with E-state index in [2.05, 4.69) is 10.8 Å². The Bertz CT molecular complexity index is 2510. The number of nitrogens with zero attached hydrogens (tertiary/aromatic N) is 1. The van der Waals surface area contributed by atoms with Crippen molar-refractivity contribution >= 4 is 17.4 Å². The first kappa shape index (κ1) is 49.9. The summed E-state index contributed by atoms with van der Waals surface area (Å²) in [6, 6.07) is 25.9. The van der Waals surface area contributed by atoms with Crippen LogP contribution in [0.15, 0.2) is 119 Å². The highest BCUT2D eigenvalue weighted by atomic mass is 35.5. The Labute approximate surface area is 390 Å². The molecule has 0 unspecified atom stereocenters. The molecule has 67 heavy (non-hydrogen) atoms. The zero-order valence-electron chi connectivity index (χ0n) is 37.2. The number of alkyl halides is 6. The molecule has 0 saturated heterocycles. The molecule has 8 rings (SSSR count). The molecule has 15 heteroatoms. The maximum atomic E-state index is 14.7. The van der Waals surface area contributed by atoms with Crippen LogP contribution in [0, 0.1) is 5.41 Å². The molecule has 1 heterocycles. The number of ketones is 1. The molecule has 358 valence electrons. The quantitative estimate of drug-likeness (QED) is 0.0573. The summed E-state index contributed by atoms with van der Waals surface area (Å²) in [4.78, 5) is 16.6. The van der Waals surface area contributed by atoms with E-state index in [1.807, 2.05) is 61.2 Å². The first-order valence-corrected chi connectivity index (χ1v) is 22.6. The molecule has 1 saturated carbocycles. The highest BCUT2D eigenvalue weighted by molar-refractivity contribution is 6.33. The van der Waals surface area contributed by atoms with Gasteiger partial charge in [0.1, 0.15) is 11.5 Å². The smallest absolute Gasteiger partial charge is 0.453 e. The van der Waals surface area contributed by atoms with Crippen molar-refractivity contribution in [3.63, 3.8) is 0 Å². The molecule has 3 aliphatic carbocycles. The fourth-order valence-corrected chi connectivity index (χ4v) is 9.88. The lowest BCUT2D eigenvalue weighted by molar-refractivity contribution is -0.274. The molecule has 5 atom stereocenters. The number of hydrogen-bond acceptors (Lipinski definition) is 8. The van der Waals surface area contributed by atoms with Crippen LogP contribution in [-0.2, 0) is 30.5 Å². The maximum Gasteiger partial charge on any atom is 0.573 e. The minimum absolute atomic E-state index is 0.00137. The van der Waals surface area contributed by atoms with Crippen LogP contribution in [0.5, 0.6) is 5.75 Å². The third-order valence-electron chi connectivity index (χ3n) is 13.2. The van der Waals surface area contributed by atoms with Gasteiger partial charge in [0, 0.05) is 36.2 Å². The monoisotopic (exact) mass is 953 g/mol. The van der Waals surface area contributed by atoms with Crippen LogP contribution < -0.4 is 4.74 Å². The lowest BCUT2D eigenvalue weighted by atomic mass is 9.64. The Balaban J connectivity index is 1.23. The number of benzene rings is 4. The highest BCUT2D eigenvalue weighted by Crippen LogP contribution is 2.59. The van der Waals surface area contributed by atoms with E-state index in [-0.39, 0.29) is 79.1 Å². The van der Waals surface area contributed by atoms with E-state index in [0.29, 0.717) is 48.8 Å². The van der Waals surface area contributed by atoms with Gasteiger partial charge in [-0.05, 0) is 129 Å². The number of carbonyl (C=O) groups is 1. The summed E-state index contributed by atoms with van der Waals surface area (Å²) in [5.74, 6) is -1.54. The summed E-state index contributed by atoms with van der Waals surface area (Å²) in [7, 11) is 0. The predicted molar refractivity (Wildman–Crippen MR) is 242 cm³/mol. The summed E-state index contributed by atoms with van der Waals surface area (Å²) in [5.41, 5.74) is 0.807. The largest absolute Gasteiger partial charge is 0.573 e. The molecule has 1 aromatic heterocycles. The van der Waals surface area contributed by atoms with Gasteiger partial charge in [0.2, 0.25) is 5.78 Å². The van der Waals surface area contributed by atoms with Gasteiger partial charge in [0.15, 0.2) is 5.76 Å². The summed E-state index contributed by atoms with van der Waals surface area (Å²) in [6.07, 6.45) is -6.09. The van der Waals surface area contributed by atoms with Crippen molar-refractivity contribution in [2.75, 3.05) is 19.7 Å². The molecule has 2 bridgehead atoms. The first-order valence-electron chi connectivity index (χ1n) is 22.3. The Morgan fingerprint density at radius 1 is 0.925 bits per heavy atom. The normalized spacial score (nSPS) is 22.0. The predicted octanol–water partition coefficient (Wildman–Crippen LogP) is 11.9. The Kier molecular flexibility index (Phi) is 15.4. The van der Waals surface area contributed by atoms with Crippen LogP contribution in [0.2, 0.25) is 5.02 Å². The van der Waals surface area contributed by atoms with Crippen molar-refractivity contribution in [2.45, 2.75) is 108 Å². The second-order valence-corrected chi connectivity index (χ2v) is 18.6. The van der Waals surface area contributed by atoms with Crippen molar-refractivity contribution in [2.24, 2.45) is 5.41 Å². The van der Waals surface area contributed by atoms with Gasteiger partial charge in [0.05, 0.1) is 41.6 Å². The van der Waals surface area contributed by atoms with Crippen molar-refractivity contribution in [1.82, 2.24) is 4.90 Å². The van der Waals surface area contributed by atoms with Crippen LogP contribution in [-0.4, -0.2) is 69.9 Å². The van der Waals surface area contributed by atoms with Crippen LogP contribution in [0.25, 0.3) is 11.3 Å². The molecule has 0 aliphatic heterocycles. The first-order chi connectivity index (χ1) is 31.7. The van der Waals surface area contributed by atoms with E-state index in [0.717, 1.165) is 29.3 Å². The number of halogens is 7. The van der Waals surface area contributed by atoms with Crippen LogP contribution >= 0.6 is 11.6 Å². The van der Waals surface area contributed by atoms with Gasteiger partial charge in [0.25, 0.3) is 0 Å². The number of fused-ring (bicyclic) bond motifs is 8. The van der Waals surface area contributed by atoms with E-state index in [9.17, 15) is 46.5 Å². The molecule has 0 amide bonds. The Morgan fingerprint density at radius 2 is 1.67 bits per heavy atom. The molecule has 0 spiro atoms. The number of allylic oxidation sites excluding steroid dienone is 2. The highest BCUT2D eigenvalue weighted by Gasteiger charge is 2.57.